The van der Waals surface area contributed by atoms with Crippen molar-refractivity contribution in [2.75, 3.05) is 13.1 Å². The molecule has 1 aliphatic heterocycles. The number of rotatable bonds is 4. The van der Waals surface area contributed by atoms with Gasteiger partial charge in [0.15, 0.2) is 0 Å². The van der Waals surface area contributed by atoms with Gasteiger partial charge in [0.2, 0.25) is 10.0 Å². The summed E-state index contributed by atoms with van der Waals surface area (Å²) < 4.78 is 33.9. The first-order valence-corrected chi connectivity index (χ1v) is 9.06. The van der Waals surface area contributed by atoms with Gasteiger partial charge < -0.3 is 9.30 Å². The second-order valence-corrected chi connectivity index (χ2v) is 7.75. The van der Waals surface area contributed by atoms with Crippen LogP contribution in [0.5, 0.6) is 5.75 Å². The van der Waals surface area contributed by atoms with E-state index in [-0.39, 0.29) is 23.1 Å². The van der Waals surface area contributed by atoms with Gasteiger partial charge >= 0.3 is 0 Å². The third kappa shape index (κ3) is 3.20. The number of ether oxygens (including phenoxy) is 1. The highest BCUT2D eigenvalue weighted by molar-refractivity contribution is 7.89. The predicted molar refractivity (Wildman–Crippen MR) is 88.4 cm³/mol. The highest BCUT2D eigenvalue weighted by Gasteiger charge is 2.33. The third-order valence-corrected chi connectivity index (χ3v) is 6.01. The molecule has 7 nitrogen and oxygen atoms in total. The molecule has 1 atom stereocenters. The molecule has 0 N–H and O–H groups in total. The molecule has 3 rings (SSSR count). The number of aromatic nitrogens is 2. The van der Waals surface area contributed by atoms with Crippen molar-refractivity contribution in [3.63, 3.8) is 0 Å². The third-order valence-electron chi connectivity index (χ3n) is 4.16. The summed E-state index contributed by atoms with van der Waals surface area (Å²) in [5.41, 5.74) is 0.637. The van der Waals surface area contributed by atoms with Crippen molar-refractivity contribution in [2.24, 2.45) is 7.05 Å². The van der Waals surface area contributed by atoms with Crippen molar-refractivity contribution < 1.29 is 13.2 Å². The zero-order chi connectivity index (χ0) is 17.3. The lowest BCUT2D eigenvalue weighted by molar-refractivity contribution is 0.214. The first kappa shape index (κ1) is 16.7. The molecule has 0 aliphatic carbocycles. The lowest BCUT2D eigenvalue weighted by Gasteiger charge is -2.17. The minimum absolute atomic E-state index is 0.150. The van der Waals surface area contributed by atoms with E-state index in [0.29, 0.717) is 18.7 Å². The monoisotopic (exact) mass is 349 g/mol. The Labute approximate surface area is 140 Å². The highest BCUT2D eigenvalue weighted by atomic mass is 32.2. The Bertz CT molecular complexity index is 893. The molecule has 1 saturated heterocycles. The molecule has 1 fully saturated rings. The normalized spacial score (nSPS) is 18.7. The number of pyridine rings is 2. The Morgan fingerprint density at radius 2 is 2.12 bits per heavy atom. The summed E-state index contributed by atoms with van der Waals surface area (Å²) >= 11 is 0. The van der Waals surface area contributed by atoms with Crippen LogP contribution in [-0.4, -0.2) is 41.5 Å². The first-order chi connectivity index (χ1) is 11.4. The van der Waals surface area contributed by atoms with Gasteiger partial charge in [-0.2, -0.15) is 4.31 Å². The Morgan fingerprint density at radius 3 is 2.79 bits per heavy atom. The van der Waals surface area contributed by atoms with Gasteiger partial charge in [-0.1, -0.05) is 0 Å². The van der Waals surface area contributed by atoms with Gasteiger partial charge in [-0.05, 0) is 31.5 Å². The second-order valence-electron chi connectivity index (χ2n) is 5.81. The summed E-state index contributed by atoms with van der Waals surface area (Å²) in [5, 5.41) is 0. The Kier molecular flexibility index (Phi) is 4.42. The van der Waals surface area contributed by atoms with E-state index in [0.717, 1.165) is 5.69 Å². The molecule has 2 aromatic rings. The van der Waals surface area contributed by atoms with Crippen LogP contribution in [0.3, 0.4) is 0 Å². The fourth-order valence-corrected chi connectivity index (χ4v) is 4.11. The minimum Gasteiger partial charge on any atom is -0.489 e. The maximum Gasteiger partial charge on any atom is 0.254 e. The summed E-state index contributed by atoms with van der Waals surface area (Å²) in [6.07, 6.45) is 3.18. The van der Waals surface area contributed by atoms with Crippen LogP contribution in [0.4, 0.5) is 0 Å². The molecule has 0 saturated carbocycles. The molecule has 1 aliphatic rings. The SMILES string of the molecule is Cc1cc(OC2CCN(S(=O)(=O)c3cccnc3)C2)cc(=O)n1C. The van der Waals surface area contributed by atoms with Crippen LogP contribution in [0, 0.1) is 6.92 Å². The topological polar surface area (TPSA) is 81.5 Å². The molecule has 128 valence electrons. The van der Waals surface area contributed by atoms with Crippen LogP contribution >= 0.6 is 0 Å². The number of hydrogen-bond donors (Lipinski definition) is 0. The average molecular weight is 349 g/mol. The molecule has 24 heavy (non-hydrogen) atoms. The molecular formula is C16H19N3O4S. The molecule has 3 heterocycles. The minimum atomic E-state index is -3.56. The Morgan fingerprint density at radius 1 is 1.33 bits per heavy atom. The predicted octanol–water partition coefficient (Wildman–Crippen LogP) is 0.931. The molecule has 1 unspecified atom stereocenters. The molecule has 0 bridgehead atoms. The van der Waals surface area contributed by atoms with Crippen molar-refractivity contribution in [3.05, 3.63) is 52.7 Å². The fraction of sp³-hybridized carbons (Fsp3) is 0.375. The summed E-state index contributed by atoms with van der Waals surface area (Å²) in [4.78, 5) is 15.9. The van der Waals surface area contributed by atoms with Crippen LogP contribution in [0.2, 0.25) is 0 Å². The summed E-state index contributed by atoms with van der Waals surface area (Å²) in [6, 6.07) is 6.32. The molecule has 0 radical (unpaired) electrons. The fourth-order valence-electron chi connectivity index (χ4n) is 2.66. The van der Waals surface area contributed by atoms with E-state index < -0.39 is 10.0 Å². The van der Waals surface area contributed by atoms with E-state index >= 15 is 0 Å². The van der Waals surface area contributed by atoms with Crippen LogP contribution in [0.15, 0.2) is 46.3 Å². The van der Waals surface area contributed by atoms with E-state index in [2.05, 4.69) is 4.98 Å². The molecule has 0 aromatic carbocycles. The smallest absolute Gasteiger partial charge is 0.254 e. The van der Waals surface area contributed by atoms with Crippen molar-refractivity contribution in [3.8, 4) is 5.75 Å². The quantitative estimate of drug-likeness (QED) is 0.820. The van der Waals surface area contributed by atoms with Gasteiger partial charge in [0, 0.05) is 37.7 Å². The van der Waals surface area contributed by atoms with Gasteiger partial charge in [0.05, 0.1) is 6.54 Å². The Hall–Kier alpha value is -2.19. The molecule has 0 spiro atoms. The molecule has 0 amide bonds. The zero-order valence-electron chi connectivity index (χ0n) is 13.5. The largest absolute Gasteiger partial charge is 0.489 e. The maximum absolute atomic E-state index is 12.6. The van der Waals surface area contributed by atoms with Gasteiger partial charge in [0.1, 0.15) is 16.7 Å². The van der Waals surface area contributed by atoms with Crippen LogP contribution in [-0.2, 0) is 17.1 Å². The highest BCUT2D eigenvalue weighted by Crippen LogP contribution is 2.23. The standard InChI is InChI=1S/C16H19N3O4S/c1-12-8-14(9-16(20)18(12)2)23-13-5-7-19(11-13)24(21,22)15-4-3-6-17-10-15/h3-4,6,8-10,13H,5,7,11H2,1-2H3. The van der Waals surface area contributed by atoms with E-state index in [9.17, 15) is 13.2 Å². The van der Waals surface area contributed by atoms with Crippen LogP contribution in [0.25, 0.3) is 0 Å². The van der Waals surface area contributed by atoms with Gasteiger partial charge in [0.25, 0.3) is 5.56 Å². The van der Waals surface area contributed by atoms with E-state index in [4.69, 9.17) is 4.74 Å². The molecule has 8 heteroatoms. The maximum atomic E-state index is 12.6. The van der Waals surface area contributed by atoms with Gasteiger partial charge in [-0.3, -0.25) is 9.78 Å². The van der Waals surface area contributed by atoms with Gasteiger partial charge in [-0.15, -0.1) is 0 Å². The van der Waals surface area contributed by atoms with Crippen molar-refractivity contribution in [1.82, 2.24) is 13.9 Å². The first-order valence-electron chi connectivity index (χ1n) is 7.62. The summed E-state index contributed by atoms with van der Waals surface area (Å²) in [7, 11) is -1.87. The number of sulfonamides is 1. The molecule has 2 aromatic heterocycles. The van der Waals surface area contributed by atoms with Crippen LogP contribution in [0.1, 0.15) is 12.1 Å². The van der Waals surface area contributed by atoms with Crippen molar-refractivity contribution in [1.29, 1.82) is 0 Å². The number of aryl methyl sites for hydroxylation is 1. The average Bonchev–Trinajstić information content (AvgIpc) is 3.02. The van der Waals surface area contributed by atoms with Crippen LogP contribution < -0.4 is 10.3 Å². The summed E-state index contributed by atoms with van der Waals surface area (Å²) in [5.74, 6) is 0.473. The van der Waals surface area contributed by atoms with Crippen molar-refractivity contribution >= 4 is 10.0 Å². The van der Waals surface area contributed by atoms with Crippen molar-refractivity contribution in [2.45, 2.75) is 24.3 Å². The second kappa shape index (κ2) is 6.37. The van der Waals surface area contributed by atoms with E-state index in [1.165, 1.54) is 33.4 Å². The van der Waals surface area contributed by atoms with Gasteiger partial charge in [-0.25, -0.2) is 8.42 Å². The zero-order valence-corrected chi connectivity index (χ0v) is 14.4. The number of hydrogen-bond acceptors (Lipinski definition) is 5. The Balaban J connectivity index is 1.73. The lowest BCUT2D eigenvalue weighted by atomic mass is 10.3. The van der Waals surface area contributed by atoms with E-state index in [1.54, 1.807) is 19.2 Å². The summed E-state index contributed by atoms with van der Waals surface area (Å²) in [6.45, 7) is 2.46. The van der Waals surface area contributed by atoms with E-state index in [1.807, 2.05) is 6.92 Å². The lowest BCUT2D eigenvalue weighted by Crippen LogP contribution is -2.31. The number of nitrogens with zero attached hydrogens (tertiary/aromatic N) is 3. The molecular weight excluding hydrogens is 330 g/mol.